The lowest BCUT2D eigenvalue weighted by Gasteiger charge is -2.15. The van der Waals surface area contributed by atoms with Gasteiger partial charge in [0.2, 0.25) is 5.75 Å². The van der Waals surface area contributed by atoms with Gasteiger partial charge in [-0.15, -0.1) is 0 Å². The van der Waals surface area contributed by atoms with E-state index in [4.69, 9.17) is 10.00 Å². The summed E-state index contributed by atoms with van der Waals surface area (Å²) < 4.78 is 48.3. The zero-order valence-electron chi connectivity index (χ0n) is 17.6. The summed E-state index contributed by atoms with van der Waals surface area (Å²) in [5.41, 5.74) is -0.722. The summed E-state index contributed by atoms with van der Waals surface area (Å²) in [5, 5.41) is 14.9. The zero-order valence-corrected chi connectivity index (χ0v) is 17.6. The number of aromatic nitrogens is 4. The van der Waals surface area contributed by atoms with E-state index in [1.165, 1.54) is 19.2 Å². The Bertz CT molecular complexity index is 1490. The smallest absolute Gasteiger partial charge is 0.420 e. The third-order valence-electron chi connectivity index (χ3n) is 5.13. The fourth-order valence-electron chi connectivity index (χ4n) is 3.24. The van der Waals surface area contributed by atoms with E-state index in [0.717, 1.165) is 32.5 Å². The van der Waals surface area contributed by atoms with Gasteiger partial charge in [0.1, 0.15) is 11.3 Å². The molecule has 4 aromatic rings. The van der Waals surface area contributed by atoms with Crippen LogP contribution in [0.25, 0.3) is 11.1 Å². The molecule has 34 heavy (non-hydrogen) atoms. The number of halogens is 3. The Morgan fingerprint density at radius 1 is 1.03 bits per heavy atom. The average Bonchev–Trinajstić information content (AvgIpc) is 3.13. The van der Waals surface area contributed by atoms with Crippen molar-refractivity contribution in [3.63, 3.8) is 0 Å². The molecule has 0 saturated heterocycles. The Morgan fingerprint density at radius 2 is 1.65 bits per heavy atom. The van der Waals surface area contributed by atoms with Gasteiger partial charge in [-0.05, 0) is 41.5 Å². The van der Waals surface area contributed by atoms with E-state index in [1.807, 2.05) is 6.07 Å². The van der Waals surface area contributed by atoms with Crippen LogP contribution < -0.4 is 16.0 Å². The largest absolute Gasteiger partial charge is 0.451 e. The highest BCUT2D eigenvalue weighted by molar-refractivity contribution is 5.65. The molecule has 0 aliphatic carbocycles. The maximum absolute atomic E-state index is 13.6. The summed E-state index contributed by atoms with van der Waals surface area (Å²) in [6.45, 7) is -0.236. The second-order valence-electron chi connectivity index (χ2n) is 7.31. The van der Waals surface area contributed by atoms with Gasteiger partial charge in [-0.25, -0.2) is 9.89 Å². The molecule has 0 saturated carbocycles. The lowest BCUT2D eigenvalue weighted by atomic mass is 10.0. The predicted molar refractivity (Wildman–Crippen MR) is 115 cm³/mol. The second kappa shape index (κ2) is 8.74. The SMILES string of the molecule is Cn1c(Cn2ccc(C(F)(F)F)c(Oc3ccc(-c4ccc(C#N)cc4)cc3)c2=O)n[nH]c1=O. The fraction of sp³-hybridized carbons (Fsp3) is 0.130. The topological polar surface area (TPSA) is 106 Å². The number of aromatic amines is 1. The van der Waals surface area contributed by atoms with Crippen LogP contribution in [-0.4, -0.2) is 19.3 Å². The Hall–Kier alpha value is -4.59. The fourth-order valence-corrected chi connectivity index (χ4v) is 3.24. The van der Waals surface area contributed by atoms with Gasteiger partial charge in [0, 0.05) is 13.2 Å². The molecule has 0 atom stereocenters. The highest BCUT2D eigenvalue weighted by Gasteiger charge is 2.36. The quantitative estimate of drug-likeness (QED) is 0.482. The molecule has 0 radical (unpaired) electrons. The van der Waals surface area contributed by atoms with E-state index in [9.17, 15) is 22.8 Å². The highest BCUT2D eigenvalue weighted by Crippen LogP contribution is 2.36. The first-order chi connectivity index (χ1) is 16.2. The standard InChI is InChI=1S/C23H16F3N5O3/c1-30-19(28-29-22(30)33)13-31-11-10-18(23(24,25)26)20(21(31)32)34-17-8-6-16(7-9-17)15-4-2-14(12-27)3-5-15/h2-11H,13H2,1H3,(H,29,33). The van der Waals surface area contributed by atoms with Crippen molar-refractivity contribution in [3.8, 4) is 28.7 Å². The first-order valence-corrected chi connectivity index (χ1v) is 9.87. The van der Waals surface area contributed by atoms with E-state index in [0.29, 0.717) is 5.56 Å². The van der Waals surface area contributed by atoms with E-state index in [1.54, 1.807) is 36.4 Å². The molecule has 0 aliphatic rings. The number of alkyl halides is 3. The number of hydrogen-bond donors (Lipinski definition) is 1. The number of ether oxygens (including phenoxy) is 1. The number of nitrogens with zero attached hydrogens (tertiary/aromatic N) is 4. The summed E-state index contributed by atoms with van der Waals surface area (Å²) >= 11 is 0. The van der Waals surface area contributed by atoms with Crippen LogP contribution >= 0.6 is 0 Å². The van der Waals surface area contributed by atoms with E-state index >= 15 is 0 Å². The lowest BCUT2D eigenvalue weighted by Crippen LogP contribution is -2.26. The van der Waals surface area contributed by atoms with Gasteiger partial charge in [0.05, 0.1) is 18.2 Å². The van der Waals surface area contributed by atoms with Crippen molar-refractivity contribution in [2.24, 2.45) is 7.05 Å². The van der Waals surface area contributed by atoms with Crippen LogP contribution in [0.1, 0.15) is 17.0 Å². The van der Waals surface area contributed by atoms with Crippen LogP contribution in [0, 0.1) is 11.3 Å². The third kappa shape index (κ3) is 4.47. The number of pyridine rings is 1. The third-order valence-corrected chi connectivity index (χ3v) is 5.13. The Morgan fingerprint density at radius 3 is 2.18 bits per heavy atom. The molecule has 2 aromatic heterocycles. The number of H-pyrrole nitrogens is 1. The molecule has 11 heteroatoms. The molecular formula is C23H16F3N5O3. The number of rotatable bonds is 5. The van der Waals surface area contributed by atoms with Crippen molar-refractivity contribution in [2.45, 2.75) is 12.7 Å². The number of nitriles is 1. The van der Waals surface area contributed by atoms with E-state index < -0.39 is 28.7 Å². The maximum atomic E-state index is 13.6. The van der Waals surface area contributed by atoms with Crippen LogP contribution in [0.15, 0.2) is 70.4 Å². The van der Waals surface area contributed by atoms with Gasteiger partial charge in [-0.2, -0.15) is 23.5 Å². The van der Waals surface area contributed by atoms with Crippen LogP contribution in [-0.2, 0) is 19.8 Å². The van der Waals surface area contributed by atoms with Gasteiger partial charge in [-0.1, -0.05) is 24.3 Å². The molecule has 0 amide bonds. The molecule has 2 aromatic carbocycles. The molecule has 0 spiro atoms. The first kappa shape index (κ1) is 22.6. The van der Waals surface area contributed by atoms with E-state index in [2.05, 4.69) is 10.2 Å². The maximum Gasteiger partial charge on any atom is 0.420 e. The van der Waals surface area contributed by atoms with E-state index in [-0.39, 0.29) is 18.1 Å². The van der Waals surface area contributed by atoms with Crippen molar-refractivity contribution in [1.29, 1.82) is 5.26 Å². The molecular weight excluding hydrogens is 451 g/mol. The molecule has 8 nitrogen and oxygen atoms in total. The minimum absolute atomic E-state index is 0.0323. The molecule has 2 heterocycles. The Kier molecular flexibility index (Phi) is 5.81. The molecule has 1 N–H and O–H groups in total. The van der Waals surface area contributed by atoms with Gasteiger partial charge in [0.15, 0.2) is 5.82 Å². The summed E-state index contributed by atoms with van der Waals surface area (Å²) in [5.74, 6) is -0.698. The highest BCUT2D eigenvalue weighted by atomic mass is 19.4. The van der Waals surface area contributed by atoms with Crippen molar-refractivity contribution >= 4 is 0 Å². The normalized spacial score (nSPS) is 11.3. The summed E-state index contributed by atoms with van der Waals surface area (Å²) in [6.07, 6.45) is -3.85. The van der Waals surface area contributed by atoms with Crippen molar-refractivity contribution in [3.05, 3.63) is 98.6 Å². The predicted octanol–water partition coefficient (Wildman–Crippen LogP) is 3.67. The Balaban J connectivity index is 1.68. The monoisotopic (exact) mass is 467 g/mol. The van der Waals surface area contributed by atoms with Gasteiger partial charge >= 0.3 is 11.9 Å². The van der Waals surface area contributed by atoms with Crippen molar-refractivity contribution in [2.75, 3.05) is 0 Å². The molecule has 172 valence electrons. The van der Waals surface area contributed by atoms with Gasteiger partial charge in [-0.3, -0.25) is 9.36 Å². The molecule has 4 rings (SSSR count). The number of nitrogens with one attached hydrogen (secondary N) is 1. The first-order valence-electron chi connectivity index (χ1n) is 9.87. The summed E-state index contributed by atoms with van der Waals surface area (Å²) in [7, 11) is 1.42. The minimum Gasteiger partial charge on any atom is -0.451 e. The zero-order chi connectivity index (χ0) is 24.5. The molecule has 0 aliphatic heterocycles. The molecule has 0 unspecified atom stereocenters. The average molecular weight is 467 g/mol. The van der Waals surface area contributed by atoms with Gasteiger partial charge in [0.25, 0.3) is 5.56 Å². The lowest BCUT2D eigenvalue weighted by molar-refractivity contribution is -0.138. The van der Waals surface area contributed by atoms with Crippen LogP contribution in [0.2, 0.25) is 0 Å². The van der Waals surface area contributed by atoms with Crippen LogP contribution in [0.5, 0.6) is 11.5 Å². The number of hydrogen-bond acceptors (Lipinski definition) is 5. The second-order valence-corrected chi connectivity index (χ2v) is 7.31. The molecule has 0 fully saturated rings. The molecule has 0 bridgehead atoms. The Labute approximate surface area is 190 Å². The minimum atomic E-state index is -4.82. The van der Waals surface area contributed by atoms with Gasteiger partial charge < -0.3 is 9.30 Å². The number of benzene rings is 2. The van der Waals surface area contributed by atoms with Crippen molar-refractivity contribution in [1.82, 2.24) is 19.3 Å². The van der Waals surface area contributed by atoms with Crippen molar-refractivity contribution < 1.29 is 17.9 Å². The summed E-state index contributed by atoms with van der Waals surface area (Å²) in [6, 6.07) is 15.7. The van der Waals surface area contributed by atoms with Crippen LogP contribution in [0.3, 0.4) is 0 Å². The summed E-state index contributed by atoms with van der Waals surface area (Å²) in [4.78, 5) is 24.4. The van der Waals surface area contributed by atoms with Crippen LogP contribution in [0.4, 0.5) is 13.2 Å².